The lowest BCUT2D eigenvalue weighted by Gasteiger charge is -2.44. The van der Waals surface area contributed by atoms with Crippen molar-refractivity contribution in [2.75, 3.05) is 13.7 Å². The van der Waals surface area contributed by atoms with E-state index >= 15 is 8.78 Å². The Hall–Kier alpha value is -2.99. The van der Waals surface area contributed by atoms with E-state index in [1.165, 1.54) is 26.2 Å². The quantitative estimate of drug-likeness (QED) is 0.142. The third kappa shape index (κ3) is 6.01. The number of alkyl halides is 3. The van der Waals surface area contributed by atoms with Gasteiger partial charge in [-0.15, -0.1) is 0 Å². The van der Waals surface area contributed by atoms with E-state index in [0.29, 0.717) is 17.7 Å². The molecule has 0 amide bonds. The molecule has 2 aromatic rings. The maximum atomic E-state index is 15.5. The highest BCUT2D eigenvalue weighted by Crippen LogP contribution is 2.44. The minimum absolute atomic E-state index is 0.0888. The van der Waals surface area contributed by atoms with Gasteiger partial charge in [-0.1, -0.05) is 19.9 Å². The fourth-order valence-corrected chi connectivity index (χ4v) is 5.12. The predicted octanol–water partition coefficient (Wildman–Crippen LogP) is 5.68. The SMILES string of the molecule is COC(=O)/C=C/c1cc(F)c([C@H]2c3ccc(OS(=O)(=O)C(F)(F)F)c(C)c3C[C@H](C)N2CC(C)C)c(F)c1. The second kappa shape index (κ2) is 11.0. The summed E-state index contributed by atoms with van der Waals surface area (Å²) in [6.45, 7) is 7.57. The van der Waals surface area contributed by atoms with Crippen molar-refractivity contribution in [2.45, 2.75) is 51.7 Å². The van der Waals surface area contributed by atoms with Crippen LogP contribution in [0.4, 0.5) is 22.0 Å². The smallest absolute Gasteiger partial charge is 0.466 e. The van der Waals surface area contributed by atoms with E-state index in [-0.39, 0.29) is 35.1 Å². The van der Waals surface area contributed by atoms with Crippen molar-refractivity contribution in [3.05, 3.63) is 69.8 Å². The van der Waals surface area contributed by atoms with E-state index in [2.05, 4.69) is 8.92 Å². The number of hydrogen-bond acceptors (Lipinski definition) is 6. The van der Waals surface area contributed by atoms with Crippen LogP contribution in [0.15, 0.2) is 30.3 Å². The van der Waals surface area contributed by atoms with E-state index in [0.717, 1.165) is 24.3 Å². The highest BCUT2D eigenvalue weighted by atomic mass is 32.2. The molecule has 1 aliphatic heterocycles. The number of carbonyl (C=O) groups is 1. The Morgan fingerprint density at radius 3 is 2.32 bits per heavy atom. The number of benzene rings is 2. The Labute approximate surface area is 218 Å². The molecule has 208 valence electrons. The molecule has 0 aliphatic carbocycles. The van der Waals surface area contributed by atoms with Crippen LogP contribution in [-0.2, 0) is 26.1 Å². The lowest BCUT2D eigenvalue weighted by atomic mass is 9.81. The van der Waals surface area contributed by atoms with Crippen molar-refractivity contribution in [1.29, 1.82) is 0 Å². The summed E-state index contributed by atoms with van der Waals surface area (Å²) in [6.07, 6.45) is 2.52. The van der Waals surface area contributed by atoms with Gasteiger partial charge in [0.1, 0.15) is 17.4 Å². The molecule has 12 heteroatoms. The number of methoxy groups -OCH3 is 1. The molecular weight excluding hydrogens is 533 g/mol. The van der Waals surface area contributed by atoms with E-state index in [1.807, 2.05) is 25.7 Å². The van der Waals surface area contributed by atoms with Gasteiger partial charge in [0, 0.05) is 24.2 Å². The molecule has 0 aromatic heterocycles. The molecule has 0 N–H and O–H groups in total. The molecule has 1 aliphatic rings. The highest BCUT2D eigenvalue weighted by Gasteiger charge is 2.49. The number of fused-ring (bicyclic) bond motifs is 1. The van der Waals surface area contributed by atoms with Gasteiger partial charge < -0.3 is 8.92 Å². The van der Waals surface area contributed by atoms with Crippen LogP contribution >= 0.6 is 0 Å². The van der Waals surface area contributed by atoms with Gasteiger partial charge in [0.2, 0.25) is 0 Å². The number of rotatable bonds is 7. The van der Waals surface area contributed by atoms with Crippen LogP contribution in [0.25, 0.3) is 6.08 Å². The molecule has 0 saturated carbocycles. The normalized spacial score (nSPS) is 18.6. The lowest BCUT2D eigenvalue weighted by molar-refractivity contribution is -0.134. The maximum absolute atomic E-state index is 15.5. The van der Waals surface area contributed by atoms with Crippen molar-refractivity contribution >= 4 is 22.2 Å². The molecule has 0 fully saturated rings. The van der Waals surface area contributed by atoms with Gasteiger partial charge in [0.15, 0.2) is 0 Å². The topological polar surface area (TPSA) is 72.9 Å². The second-order valence-corrected chi connectivity index (χ2v) is 11.1. The molecule has 2 atom stereocenters. The van der Waals surface area contributed by atoms with Gasteiger partial charge in [-0.25, -0.2) is 13.6 Å². The molecule has 0 radical (unpaired) electrons. The molecule has 0 spiro atoms. The van der Waals surface area contributed by atoms with Crippen LogP contribution < -0.4 is 4.18 Å². The van der Waals surface area contributed by atoms with Gasteiger partial charge in [0.05, 0.1) is 13.2 Å². The summed E-state index contributed by atoms with van der Waals surface area (Å²) < 4.78 is 102. The molecule has 1 heterocycles. The molecule has 0 bridgehead atoms. The molecule has 0 saturated heterocycles. The van der Waals surface area contributed by atoms with Gasteiger partial charge in [-0.05, 0) is 72.7 Å². The Morgan fingerprint density at radius 1 is 1.18 bits per heavy atom. The van der Waals surface area contributed by atoms with Crippen LogP contribution in [0, 0.1) is 24.5 Å². The number of halogens is 5. The first kappa shape index (κ1) is 29.6. The first-order valence-corrected chi connectivity index (χ1v) is 13.1. The third-order valence-corrected chi connectivity index (χ3v) is 7.29. The minimum Gasteiger partial charge on any atom is -0.466 e. The molecule has 0 unspecified atom stereocenters. The van der Waals surface area contributed by atoms with Gasteiger partial charge in [-0.3, -0.25) is 4.90 Å². The maximum Gasteiger partial charge on any atom is 0.534 e. The van der Waals surface area contributed by atoms with Gasteiger partial charge in [-0.2, -0.15) is 21.6 Å². The average molecular weight is 562 g/mol. The van der Waals surface area contributed by atoms with Gasteiger partial charge >= 0.3 is 21.6 Å². The fourth-order valence-electron chi connectivity index (χ4n) is 4.61. The van der Waals surface area contributed by atoms with Crippen LogP contribution in [0.3, 0.4) is 0 Å². The largest absolute Gasteiger partial charge is 0.534 e. The zero-order chi connectivity index (χ0) is 28.6. The average Bonchev–Trinajstić information content (AvgIpc) is 2.80. The van der Waals surface area contributed by atoms with Crippen LogP contribution in [-0.4, -0.2) is 44.5 Å². The lowest BCUT2D eigenvalue weighted by Crippen LogP contribution is -2.45. The summed E-state index contributed by atoms with van der Waals surface area (Å²) in [5.41, 5.74) is -4.79. The fraction of sp³-hybridized carbons (Fsp3) is 0.423. The van der Waals surface area contributed by atoms with Crippen LogP contribution in [0.5, 0.6) is 5.75 Å². The standard InChI is InChI=1S/C26H28F5NO5S/c1-14(2)13-32-15(3)10-19-16(4)22(37-38(34,35)26(29,30)31)8-7-18(19)25(32)24-20(27)11-17(12-21(24)28)6-9-23(33)36-5/h6-9,11-12,14-15,25H,10,13H2,1-5H3/b9-6+/t15-,25+/m0/s1. The van der Waals surface area contributed by atoms with Crippen molar-refractivity contribution < 1.29 is 44.1 Å². The summed E-state index contributed by atoms with van der Waals surface area (Å²) in [4.78, 5) is 13.3. The van der Waals surface area contributed by atoms with Crippen molar-refractivity contribution in [3.63, 3.8) is 0 Å². The molecular formula is C26H28F5NO5S. The summed E-state index contributed by atoms with van der Waals surface area (Å²) in [6, 6.07) is 3.30. The van der Waals surface area contributed by atoms with Crippen LogP contribution in [0.2, 0.25) is 0 Å². The number of carbonyl (C=O) groups excluding carboxylic acids is 1. The second-order valence-electron chi connectivity index (χ2n) is 9.54. The Morgan fingerprint density at radius 2 is 1.79 bits per heavy atom. The van der Waals surface area contributed by atoms with Crippen LogP contribution in [0.1, 0.15) is 54.6 Å². The molecule has 38 heavy (non-hydrogen) atoms. The number of esters is 1. The minimum atomic E-state index is -5.91. The van der Waals surface area contributed by atoms with Crippen molar-refractivity contribution in [3.8, 4) is 5.75 Å². The zero-order valence-corrected chi connectivity index (χ0v) is 22.2. The first-order valence-electron chi connectivity index (χ1n) is 11.7. The van der Waals surface area contributed by atoms with E-state index in [9.17, 15) is 26.4 Å². The van der Waals surface area contributed by atoms with E-state index < -0.39 is 45.0 Å². The van der Waals surface area contributed by atoms with E-state index in [1.54, 1.807) is 0 Å². The summed E-state index contributed by atoms with van der Waals surface area (Å²) in [7, 11) is -4.74. The Balaban J connectivity index is 2.18. The molecule has 3 rings (SSSR count). The summed E-state index contributed by atoms with van der Waals surface area (Å²) in [5.74, 6) is -2.87. The Kier molecular flexibility index (Phi) is 8.57. The monoisotopic (exact) mass is 561 g/mol. The first-order chi connectivity index (χ1) is 17.6. The third-order valence-electron chi connectivity index (χ3n) is 6.32. The highest BCUT2D eigenvalue weighted by molar-refractivity contribution is 7.88. The Bertz CT molecular complexity index is 1330. The summed E-state index contributed by atoms with van der Waals surface area (Å²) >= 11 is 0. The number of hydrogen-bond donors (Lipinski definition) is 0. The van der Waals surface area contributed by atoms with Gasteiger partial charge in [0.25, 0.3) is 0 Å². The number of ether oxygens (including phenoxy) is 1. The predicted molar refractivity (Wildman–Crippen MR) is 131 cm³/mol. The summed E-state index contributed by atoms with van der Waals surface area (Å²) in [5, 5.41) is 0. The molecule has 2 aromatic carbocycles. The van der Waals surface area contributed by atoms with Crippen molar-refractivity contribution in [1.82, 2.24) is 4.90 Å². The molecule has 6 nitrogen and oxygen atoms in total. The van der Waals surface area contributed by atoms with E-state index in [4.69, 9.17) is 0 Å². The number of nitrogens with zero attached hydrogens (tertiary/aromatic N) is 1. The zero-order valence-electron chi connectivity index (χ0n) is 21.4. The van der Waals surface area contributed by atoms with Crippen molar-refractivity contribution in [2.24, 2.45) is 5.92 Å².